The summed E-state index contributed by atoms with van der Waals surface area (Å²) in [6.45, 7) is 1.46. The molecule has 0 spiro atoms. The van der Waals surface area contributed by atoms with Crippen molar-refractivity contribution in [3.05, 3.63) is 51.9 Å². The number of fused-ring (bicyclic) bond motifs is 1. The fraction of sp³-hybridized carbons (Fsp3) is 0.423. The maximum absolute atomic E-state index is 12.6. The third-order valence-electron chi connectivity index (χ3n) is 7.38. The second kappa shape index (κ2) is 9.61. The van der Waals surface area contributed by atoms with Gasteiger partial charge in [0, 0.05) is 61.3 Å². The van der Waals surface area contributed by atoms with Gasteiger partial charge >= 0.3 is 0 Å². The molecule has 192 valence electrons. The zero-order valence-electron chi connectivity index (χ0n) is 20.2. The molecule has 1 saturated carbocycles. The third kappa shape index (κ3) is 4.78. The zero-order chi connectivity index (χ0) is 25.7. The van der Waals surface area contributed by atoms with Crippen molar-refractivity contribution in [1.29, 1.82) is 0 Å². The Kier molecular flexibility index (Phi) is 6.28. The molecule has 1 aliphatic heterocycles. The molecular formula is C26H27Cl2N7O2. The number of nitrogens with one attached hydrogen (secondary N) is 1. The van der Waals surface area contributed by atoms with E-state index in [1.807, 2.05) is 21.6 Å². The van der Waals surface area contributed by atoms with E-state index in [1.54, 1.807) is 18.3 Å². The van der Waals surface area contributed by atoms with Gasteiger partial charge in [-0.1, -0.05) is 23.2 Å². The summed E-state index contributed by atoms with van der Waals surface area (Å²) in [4.78, 5) is 40.6. The summed E-state index contributed by atoms with van der Waals surface area (Å²) < 4.78 is 1.95. The summed E-state index contributed by atoms with van der Waals surface area (Å²) in [6.07, 6.45) is 6.56. The van der Waals surface area contributed by atoms with E-state index < -0.39 is 0 Å². The van der Waals surface area contributed by atoms with Gasteiger partial charge in [-0.25, -0.2) is 9.97 Å². The number of anilines is 1. The maximum atomic E-state index is 12.6. The lowest BCUT2D eigenvalue weighted by Crippen LogP contribution is -2.45. The van der Waals surface area contributed by atoms with E-state index in [9.17, 15) is 9.59 Å². The minimum absolute atomic E-state index is 0.0778. The summed E-state index contributed by atoms with van der Waals surface area (Å²) in [5.74, 6) is 1.61. The molecule has 3 N–H and O–H groups in total. The number of nitrogens with two attached hydrogens (primary N) is 1. The second-order valence-electron chi connectivity index (χ2n) is 10.1. The minimum Gasteiger partial charge on any atom is -0.369 e. The van der Waals surface area contributed by atoms with Gasteiger partial charge in [0.2, 0.25) is 17.8 Å². The number of carbonyl (C=O) groups excluding carboxylic acids is 2. The number of likely N-dealkylation sites (tertiary alicyclic amines) is 1. The molecule has 3 aliphatic rings. The van der Waals surface area contributed by atoms with Crippen LogP contribution in [-0.4, -0.2) is 55.4 Å². The van der Waals surface area contributed by atoms with Crippen molar-refractivity contribution >= 4 is 41.0 Å². The second-order valence-corrected chi connectivity index (χ2v) is 10.9. The Morgan fingerprint density at radius 3 is 2.62 bits per heavy atom. The van der Waals surface area contributed by atoms with Gasteiger partial charge in [-0.3, -0.25) is 14.2 Å². The van der Waals surface area contributed by atoms with Crippen molar-refractivity contribution in [3.63, 3.8) is 0 Å². The van der Waals surface area contributed by atoms with Crippen LogP contribution in [0.15, 0.2) is 30.5 Å². The van der Waals surface area contributed by atoms with E-state index >= 15 is 0 Å². The first kappa shape index (κ1) is 24.2. The van der Waals surface area contributed by atoms with Gasteiger partial charge in [0.15, 0.2) is 0 Å². The molecule has 2 atom stereocenters. The number of benzene rings is 1. The van der Waals surface area contributed by atoms with Gasteiger partial charge in [0.1, 0.15) is 11.6 Å². The highest BCUT2D eigenvalue weighted by Gasteiger charge is 2.36. The van der Waals surface area contributed by atoms with Crippen LogP contribution in [0.2, 0.25) is 10.0 Å². The summed E-state index contributed by atoms with van der Waals surface area (Å²) in [5, 5.41) is 4.32. The van der Waals surface area contributed by atoms with Gasteiger partial charge in [0.25, 0.3) is 0 Å². The smallest absolute Gasteiger partial charge is 0.225 e. The lowest BCUT2D eigenvalue weighted by molar-refractivity contribution is -0.133. The normalized spacial score (nSPS) is 21.1. The van der Waals surface area contributed by atoms with E-state index in [0.29, 0.717) is 47.0 Å². The van der Waals surface area contributed by atoms with E-state index in [-0.39, 0.29) is 29.7 Å². The summed E-state index contributed by atoms with van der Waals surface area (Å²) in [6, 6.07) is 7.27. The molecule has 11 heteroatoms. The number of nitrogens with zero attached hydrogens (tertiary/aromatic N) is 5. The SMILES string of the molecule is NC(=O)C1Cc2nc(-c3ccc(Cl)c(Cl)c3)n(-c3ccnc(N[C@@H]4CCCN(C(=O)C5CC5)C4)n3)c2C1. The van der Waals surface area contributed by atoms with E-state index in [2.05, 4.69) is 10.3 Å². The number of aromatic nitrogens is 4. The van der Waals surface area contributed by atoms with Gasteiger partial charge in [0.05, 0.1) is 15.7 Å². The average molecular weight is 540 g/mol. The quantitative estimate of drug-likeness (QED) is 0.493. The Morgan fingerprint density at radius 1 is 1.03 bits per heavy atom. The summed E-state index contributed by atoms with van der Waals surface area (Å²) >= 11 is 12.5. The topological polar surface area (TPSA) is 119 Å². The molecule has 2 aromatic heterocycles. The Bertz CT molecular complexity index is 1390. The molecule has 3 aromatic rings. The third-order valence-corrected chi connectivity index (χ3v) is 8.12. The molecule has 37 heavy (non-hydrogen) atoms. The monoisotopic (exact) mass is 539 g/mol. The molecule has 2 fully saturated rings. The van der Waals surface area contributed by atoms with E-state index in [4.69, 9.17) is 38.9 Å². The van der Waals surface area contributed by atoms with Gasteiger partial charge < -0.3 is 16.0 Å². The van der Waals surface area contributed by atoms with Crippen LogP contribution in [0.1, 0.15) is 37.1 Å². The van der Waals surface area contributed by atoms with Crippen LogP contribution >= 0.6 is 23.2 Å². The number of amides is 2. The molecule has 1 saturated heterocycles. The molecule has 6 rings (SSSR count). The molecule has 1 aromatic carbocycles. The van der Waals surface area contributed by atoms with Gasteiger partial charge in [-0.15, -0.1) is 0 Å². The Labute approximate surface area is 224 Å². The first-order valence-corrected chi connectivity index (χ1v) is 13.4. The largest absolute Gasteiger partial charge is 0.369 e. The highest BCUT2D eigenvalue weighted by Crippen LogP contribution is 2.36. The number of piperidine rings is 1. The molecule has 2 aliphatic carbocycles. The van der Waals surface area contributed by atoms with Crippen LogP contribution in [0.25, 0.3) is 17.2 Å². The molecule has 0 bridgehead atoms. The number of primary amides is 1. The standard InChI is InChI=1S/C26H27Cl2N7O2/c27-18-6-5-15(10-19(18)28)24-32-20-11-16(23(29)36)12-21(20)35(24)22-7-8-30-26(33-22)31-17-2-1-9-34(13-17)25(37)14-3-4-14/h5-8,10,14,16-17H,1-4,9,11-13H2,(H2,29,36)(H,30,31,33)/t16?,17-/m1/s1. The molecule has 9 nitrogen and oxygen atoms in total. The number of rotatable bonds is 6. The van der Waals surface area contributed by atoms with Crippen molar-refractivity contribution < 1.29 is 9.59 Å². The van der Waals surface area contributed by atoms with Crippen molar-refractivity contribution in [3.8, 4) is 17.2 Å². The number of imidazole rings is 1. The van der Waals surface area contributed by atoms with Gasteiger partial charge in [-0.05, 0) is 49.9 Å². The Morgan fingerprint density at radius 2 is 1.86 bits per heavy atom. The van der Waals surface area contributed by atoms with Crippen molar-refractivity contribution in [2.45, 2.75) is 44.6 Å². The lowest BCUT2D eigenvalue weighted by atomic mass is 10.1. The molecule has 1 unspecified atom stereocenters. The number of hydrogen-bond acceptors (Lipinski definition) is 6. The zero-order valence-corrected chi connectivity index (χ0v) is 21.7. The van der Waals surface area contributed by atoms with Crippen LogP contribution in [0.5, 0.6) is 0 Å². The van der Waals surface area contributed by atoms with E-state index in [0.717, 1.165) is 49.2 Å². The number of hydrogen-bond donors (Lipinski definition) is 2. The van der Waals surface area contributed by atoms with Crippen molar-refractivity contribution in [2.24, 2.45) is 17.6 Å². The van der Waals surface area contributed by atoms with Crippen molar-refractivity contribution in [2.75, 3.05) is 18.4 Å². The fourth-order valence-corrected chi connectivity index (χ4v) is 5.60. The van der Waals surface area contributed by atoms with Crippen LogP contribution in [0.3, 0.4) is 0 Å². The first-order chi connectivity index (χ1) is 17.9. The maximum Gasteiger partial charge on any atom is 0.225 e. The minimum atomic E-state index is -0.340. The molecule has 3 heterocycles. The first-order valence-electron chi connectivity index (χ1n) is 12.6. The fourth-order valence-electron chi connectivity index (χ4n) is 5.30. The van der Waals surface area contributed by atoms with E-state index in [1.165, 1.54) is 0 Å². The molecule has 2 amide bonds. The van der Waals surface area contributed by atoms with Crippen LogP contribution in [-0.2, 0) is 22.4 Å². The molecular weight excluding hydrogens is 513 g/mol. The number of carbonyl (C=O) groups is 2. The summed E-state index contributed by atoms with van der Waals surface area (Å²) in [5.41, 5.74) is 8.12. The highest BCUT2D eigenvalue weighted by atomic mass is 35.5. The van der Waals surface area contributed by atoms with Crippen LogP contribution in [0, 0.1) is 11.8 Å². The number of halogens is 2. The lowest BCUT2D eigenvalue weighted by Gasteiger charge is -2.33. The predicted octanol–water partition coefficient (Wildman–Crippen LogP) is 3.65. The van der Waals surface area contributed by atoms with Gasteiger partial charge in [-0.2, -0.15) is 4.98 Å². The summed E-state index contributed by atoms with van der Waals surface area (Å²) in [7, 11) is 0. The molecule has 0 radical (unpaired) electrons. The predicted molar refractivity (Wildman–Crippen MR) is 141 cm³/mol. The Hall–Kier alpha value is -3.17. The van der Waals surface area contributed by atoms with Crippen molar-refractivity contribution in [1.82, 2.24) is 24.4 Å². The highest BCUT2D eigenvalue weighted by molar-refractivity contribution is 6.42. The van der Waals surface area contributed by atoms with Crippen LogP contribution in [0.4, 0.5) is 5.95 Å². The average Bonchev–Trinajstić information content (AvgIpc) is 3.55. The Balaban J connectivity index is 1.32. The van der Waals surface area contributed by atoms with Crippen LogP contribution < -0.4 is 11.1 Å².